The van der Waals surface area contributed by atoms with Crippen LogP contribution in [-0.2, 0) is 14.8 Å². The normalized spacial score (nSPS) is 9.86. The Morgan fingerprint density at radius 1 is 0.929 bits per heavy atom. The Hall–Kier alpha value is -1.12. The van der Waals surface area contributed by atoms with Crippen LogP contribution in [0.4, 0.5) is 0 Å². The number of pyridine rings is 2. The Kier molecular flexibility index (Phi) is 13.4. The quantitative estimate of drug-likeness (QED) is 0.382. The third kappa shape index (κ3) is 13.1. The van der Waals surface area contributed by atoms with Crippen molar-refractivity contribution in [3.8, 4) is 0 Å². The van der Waals surface area contributed by atoms with Gasteiger partial charge in [0.05, 0.1) is 25.3 Å². The molecular weight excluding hydrogens is 518 g/mol. The molecule has 2 heterocycles. The average Bonchev–Trinajstić information content (AvgIpc) is 2.66. The summed E-state index contributed by atoms with van der Waals surface area (Å²) >= 11 is 22.6. The molecule has 2 aromatic heterocycles. The van der Waals surface area contributed by atoms with E-state index in [-0.39, 0.29) is 11.9 Å². The number of halogens is 5. The molecule has 0 radical (unpaired) electrons. The Labute approximate surface area is 191 Å². The van der Waals surface area contributed by atoms with E-state index >= 15 is 0 Å². The fourth-order valence-corrected chi connectivity index (χ4v) is 1.88. The lowest BCUT2D eigenvalue weighted by molar-refractivity contribution is 0.0591. The van der Waals surface area contributed by atoms with Crippen molar-refractivity contribution in [2.75, 3.05) is 14.2 Å². The molecule has 6 nitrogen and oxygen atoms in total. The maximum absolute atomic E-state index is 11.0. The van der Waals surface area contributed by atoms with Gasteiger partial charge in [-0.2, -0.15) is 0 Å². The second-order valence-corrected chi connectivity index (χ2v) is 8.87. The number of alkyl halides is 5. The topological polar surface area (TPSA) is 78.4 Å². The molecule has 0 aromatic carbocycles. The van der Waals surface area contributed by atoms with Gasteiger partial charge >= 0.3 is 11.9 Å². The molecule has 0 atom stereocenters. The number of carbonyl (C=O) groups is 2. The van der Waals surface area contributed by atoms with Crippen molar-refractivity contribution < 1.29 is 19.1 Å². The molecule has 154 valence electrons. The van der Waals surface area contributed by atoms with E-state index in [0.29, 0.717) is 16.5 Å². The Bertz CT molecular complexity index is 767. The number of aromatic nitrogens is 2. The minimum absolute atomic E-state index is 0.346. The van der Waals surface area contributed by atoms with Crippen LogP contribution in [-0.4, -0.2) is 39.4 Å². The van der Waals surface area contributed by atoms with Crippen molar-refractivity contribution in [1.82, 2.24) is 9.97 Å². The molecule has 0 unspecified atom stereocenters. The highest BCUT2D eigenvalue weighted by molar-refractivity contribution is 9.08. The predicted octanol–water partition coefficient (Wildman–Crippen LogP) is 5.49. The molecule has 0 aliphatic carbocycles. The monoisotopic (exact) mass is 532 g/mol. The van der Waals surface area contributed by atoms with Crippen LogP contribution in [0.1, 0.15) is 31.8 Å². The van der Waals surface area contributed by atoms with Crippen LogP contribution in [0.3, 0.4) is 0 Å². The Balaban J connectivity index is 0.000000424. The largest absolute Gasteiger partial charge is 0.465 e. The lowest BCUT2D eigenvalue weighted by Crippen LogP contribution is -2.02. The molecule has 0 N–H and O–H groups in total. The Morgan fingerprint density at radius 3 is 1.75 bits per heavy atom. The lowest BCUT2D eigenvalue weighted by atomic mass is 10.2. The molecule has 0 fully saturated rings. The highest BCUT2D eigenvalue weighted by Crippen LogP contribution is 2.29. The van der Waals surface area contributed by atoms with Gasteiger partial charge in [0.15, 0.2) is 0 Å². The summed E-state index contributed by atoms with van der Waals surface area (Å²) in [5.41, 5.74) is 2.88. The molecule has 28 heavy (non-hydrogen) atoms. The van der Waals surface area contributed by atoms with Crippen LogP contribution in [0.15, 0.2) is 36.9 Å². The fraction of sp³-hybridized carbons (Fsp3) is 0.294. The maximum atomic E-state index is 11.0. The van der Waals surface area contributed by atoms with Gasteiger partial charge in [0.2, 0.25) is 0 Å². The van der Waals surface area contributed by atoms with E-state index in [1.54, 1.807) is 24.5 Å². The summed E-state index contributed by atoms with van der Waals surface area (Å²) in [4.78, 5) is 29.7. The van der Waals surface area contributed by atoms with Gasteiger partial charge in [-0.25, -0.2) is 9.59 Å². The smallest absolute Gasteiger partial charge is 0.339 e. The highest BCUT2D eigenvalue weighted by Gasteiger charge is 2.11. The minimum Gasteiger partial charge on any atom is -0.465 e. The van der Waals surface area contributed by atoms with Gasteiger partial charge in [0, 0.05) is 30.1 Å². The second kappa shape index (κ2) is 14.0. The van der Waals surface area contributed by atoms with Crippen molar-refractivity contribution in [3.63, 3.8) is 0 Å². The molecule has 0 spiro atoms. The Morgan fingerprint density at radius 2 is 1.36 bits per heavy atom. The van der Waals surface area contributed by atoms with E-state index in [9.17, 15) is 9.59 Å². The van der Waals surface area contributed by atoms with E-state index in [0.717, 1.165) is 11.1 Å². The molecule has 0 aliphatic heterocycles. The average molecular weight is 535 g/mol. The summed E-state index contributed by atoms with van der Waals surface area (Å²) in [6.07, 6.45) is 6.35. The van der Waals surface area contributed by atoms with Crippen LogP contribution in [0, 0.1) is 6.92 Å². The van der Waals surface area contributed by atoms with Crippen molar-refractivity contribution in [3.05, 3.63) is 59.2 Å². The van der Waals surface area contributed by atoms with E-state index < -0.39 is 3.25 Å². The summed E-state index contributed by atoms with van der Waals surface area (Å²) < 4.78 is 7.44. The summed E-state index contributed by atoms with van der Waals surface area (Å²) in [7, 11) is 2.70. The number of ether oxygens (including phenoxy) is 2. The lowest BCUT2D eigenvalue weighted by Gasteiger charge is -1.99. The summed E-state index contributed by atoms with van der Waals surface area (Å²) in [6, 6.07) is 3.48. The zero-order chi connectivity index (χ0) is 21.7. The SMILES string of the molecule is COC(=O)c1cncc(C)c1.COC(=O)c1cncc(CBr)c1.ClC(Cl)(Cl)Cl. The molecular formula is C17H17BrCl4N2O4. The zero-order valence-corrected chi connectivity index (χ0v) is 19.7. The first kappa shape index (κ1) is 26.9. The first-order valence-corrected chi connectivity index (χ1v) is 9.99. The van der Waals surface area contributed by atoms with Crippen LogP contribution in [0.5, 0.6) is 0 Å². The van der Waals surface area contributed by atoms with Crippen LogP contribution in [0.2, 0.25) is 0 Å². The number of aryl methyl sites for hydroxylation is 1. The van der Waals surface area contributed by atoms with E-state index in [4.69, 9.17) is 46.4 Å². The van der Waals surface area contributed by atoms with Crippen molar-refractivity contribution >= 4 is 74.3 Å². The van der Waals surface area contributed by atoms with E-state index in [2.05, 4.69) is 35.4 Å². The molecule has 0 aliphatic rings. The van der Waals surface area contributed by atoms with Gasteiger partial charge in [-0.1, -0.05) is 62.3 Å². The van der Waals surface area contributed by atoms with Gasteiger partial charge in [-0.15, -0.1) is 0 Å². The molecule has 0 saturated heterocycles. The molecule has 0 saturated carbocycles. The van der Waals surface area contributed by atoms with E-state index in [1.807, 2.05) is 6.92 Å². The molecule has 0 bridgehead atoms. The highest BCUT2D eigenvalue weighted by atomic mass is 79.9. The van der Waals surface area contributed by atoms with Gasteiger partial charge in [0.25, 0.3) is 3.25 Å². The summed E-state index contributed by atoms with van der Waals surface area (Å²) in [5, 5.41) is 0.685. The number of hydrogen-bond donors (Lipinski definition) is 0. The third-order valence-corrected chi connectivity index (χ3v) is 3.31. The third-order valence-electron chi connectivity index (χ3n) is 2.67. The van der Waals surface area contributed by atoms with Crippen molar-refractivity contribution in [2.45, 2.75) is 15.5 Å². The second-order valence-electron chi connectivity index (χ2n) is 4.88. The molecule has 0 amide bonds. The van der Waals surface area contributed by atoms with Crippen molar-refractivity contribution in [2.24, 2.45) is 0 Å². The summed E-state index contributed by atoms with van der Waals surface area (Å²) in [6.45, 7) is 1.87. The first-order valence-electron chi connectivity index (χ1n) is 7.35. The van der Waals surface area contributed by atoms with Gasteiger partial charge in [-0.05, 0) is 30.2 Å². The van der Waals surface area contributed by atoms with Crippen LogP contribution < -0.4 is 0 Å². The number of nitrogens with zero attached hydrogens (tertiary/aromatic N) is 2. The fourth-order valence-electron chi connectivity index (χ4n) is 1.57. The van der Waals surface area contributed by atoms with Gasteiger partial charge in [0.1, 0.15) is 0 Å². The number of hydrogen-bond acceptors (Lipinski definition) is 6. The van der Waals surface area contributed by atoms with Crippen molar-refractivity contribution in [1.29, 1.82) is 0 Å². The van der Waals surface area contributed by atoms with E-state index in [1.165, 1.54) is 26.6 Å². The molecule has 11 heteroatoms. The van der Waals surface area contributed by atoms with Crippen LogP contribution in [0.25, 0.3) is 0 Å². The number of rotatable bonds is 3. The maximum Gasteiger partial charge on any atom is 0.339 e. The predicted molar refractivity (Wildman–Crippen MR) is 115 cm³/mol. The number of carbonyl (C=O) groups excluding carboxylic acids is 2. The van der Waals surface area contributed by atoms with Gasteiger partial charge < -0.3 is 9.47 Å². The molecule has 2 aromatic rings. The van der Waals surface area contributed by atoms with Gasteiger partial charge in [-0.3, -0.25) is 9.97 Å². The number of methoxy groups -OCH3 is 2. The van der Waals surface area contributed by atoms with Crippen LogP contribution >= 0.6 is 62.3 Å². The first-order chi connectivity index (χ1) is 13.0. The zero-order valence-electron chi connectivity index (χ0n) is 15.1. The summed E-state index contributed by atoms with van der Waals surface area (Å²) in [5.74, 6) is -0.702. The minimum atomic E-state index is -1.61. The number of esters is 2. The standard InChI is InChI=1S/C8H8BrNO2.C8H9NO2.CCl4/c1-12-8(11)7-2-6(3-9)4-10-5-7;1-6-3-7(5-9-4-6)8(10)11-2;2-1(3,4)5/h2,4-5H,3H2,1H3;3-5H,1-2H3;. The molecule has 2 rings (SSSR count).